The standard InChI is InChI=1S/C17H19N5O2S/c1-4-11-12(23)6-5-10(2)15(11)20-16(24)13-9-18-17(25-13)19-14-7-8-22(3)21-14/h5-9,23H,4H2,1-3H3,(H,20,24)(H,18,19,21). The summed E-state index contributed by atoms with van der Waals surface area (Å²) in [5.74, 6) is 0.598. The number of anilines is 3. The lowest BCUT2D eigenvalue weighted by atomic mass is 10.0. The van der Waals surface area contributed by atoms with Gasteiger partial charge in [0.15, 0.2) is 10.9 Å². The van der Waals surface area contributed by atoms with Crippen molar-refractivity contribution in [1.29, 1.82) is 0 Å². The van der Waals surface area contributed by atoms with E-state index >= 15 is 0 Å². The number of nitrogens with one attached hydrogen (secondary N) is 2. The fourth-order valence-corrected chi connectivity index (χ4v) is 3.21. The van der Waals surface area contributed by atoms with E-state index in [-0.39, 0.29) is 11.7 Å². The fraction of sp³-hybridized carbons (Fsp3) is 0.235. The van der Waals surface area contributed by atoms with Gasteiger partial charge in [-0.25, -0.2) is 4.98 Å². The summed E-state index contributed by atoms with van der Waals surface area (Å²) < 4.78 is 1.68. The molecule has 2 aromatic heterocycles. The second-order valence-electron chi connectivity index (χ2n) is 5.59. The third kappa shape index (κ3) is 3.63. The van der Waals surface area contributed by atoms with Gasteiger partial charge in [-0.15, -0.1) is 0 Å². The fourth-order valence-electron chi connectivity index (χ4n) is 2.49. The van der Waals surface area contributed by atoms with Crippen molar-refractivity contribution in [2.24, 2.45) is 7.05 Å². The number of benzene rings is 1. The van der Waals surface area contributed by atoms with Crippen LogP contribution in [0.5, 0.6) is 5.75 Å². The molecule has 0 aliphatic rings. The third-order valence-corrected chi connectivity index (χ3v) is 4.68. The van der Waals surface area contributed by atoms with Gasteiger partial charge in [-0.1, -0.05) is 24.3 Å². The van der Waals surface area contributed by atoms with E-state index in [1.54, 1.807) is 16.8 Å². The van der Waals surface area contributed by atoms with Gasteiger partial charge in [0, 0.05) is 24.9 Å². The number of phenols is 1. The van der Waals surface area contributed by atoms with Gasteiger partial charge in [0.1, 0.15) is 10.6 Å². The molecule has 0 saturated heterocycles. The minimum absolute atomic E-state index is 0.185. The molecule has 0 fully saturated rings. The van der Waals surface area contributed by atoms with Gasteiger partial charge in [-0.2, -0.15) is 5.10 Å². The highest BCUT2D eigenvalue weighted by Gasteiger charge is 2.16. The van der Waals surface area contributed by atoms with Crippen LogP contribution >= 0.6 is 11.3 Å². The number of thiazole rings is 1. The summed E-state index contributed by atoms with van der Waals surface area (Å²) in [5.41, 5.74) is 2.28. The van der Waals surface area contributed by atoms with Crippen molar-refractivity contribution in [1.82, 2.24) is 14.8 Å². The Hall–Kier alpha value is -2.87. The smallest absolute Gasteiger partial charge is 0.267 e. The van der Waals surface area contributed by atoms with E-state index in [9.17, 15) is 9.90 Å². The van der Waals surface area contributed by atoms with Gasteiger partial charge in [0.2, 0.25) is 0 Å². The summed E-state index contributed by atoms with van der Waals surface area (Å²) in [4.78, 5) is 17.2. The Kier molecular flexibility index (Phi) is 4.71. The van der Waals surface area contributed by atoms with Crippen LogP contribution in [0.3, 0.4) is 0 Å². The molecule has 0 aliphatic carbocycles. The van der Waals surface area contributed by atoms with Crippen molar-refractivity contribution in [3.05, 3.63) is 46.6 Å². The maximum absolute atomic E-state index is 12.5. The predicted molar refractivity (Wildman–Crippen MR) is 98.8 cm³/mol. The molecule has 1 aromatic carbocycles. The zero-order valence-corrected chi connectivity index (χ0v) is 15.0. The number of aromatic hydroxyl groups is 1. The number of hydrogen-bond donors (Lipinski definition) is 3. The van der Waals surface area contributed by atoms with Gasteiger partial charge in [-0.3, -0.25) is 9.48 Å². The molecule has 8 heteroatoms. The minimum atomic E-state index is -0.255. The van der Waals surface area contributed by atoms with Crippen molar-refractivity contribution in [3.63, 3.8) is 0 Å². The number of aromatic nitrogens is 3. The van der Waals surface area contributed by atoms with Crippen molar-refractivity contribution in [3.8, 4) is 5.75 Å². The molecule has 1 amide bonds. The first-order chi connectivity index (χ1) is 12.0. The lowest BCUT2D eigenvalue weighted by molar-refractivity contribution is 0.103. The molecule has 3 rings (SSSR count). The average molecular weight is 357 g/mol. The zero-order chi connectivity index (χ0) is 18.0. The summed E-state index contributed by atoms with van der Waals surface area (Å²) in [5, 5.41) is 20.7. The van der Waals surface area contributed by atoms with E-state index in [1.807, 2.05) is 33.2 Å². The zero-order valence-electron chi connectivity index (χ0n) is 14.2. The van der Waals surface area contributed by atoms with Gasteiger partial charge >= 0.3 is 0 Å². The van der Waals surface area contributed by atoms with Crippen LogP contribution in [0.2, 0.25) is 0 Å². The summed E-state index contributed by atoms with van der Waals surface area (Å²) in [6.45, 7) is 3.83. The first-order valence-electron chi connectivity index (χ1n) is 7.83. The van der Waals surface area contributed by atoms with Crippen LogP contribution in [0, 0.1) is 6.92 Å². The Morgan fingerprint density at radius 2 is 2.16 bits per heavy atom. The van der Waals surface area contributed by atoms with Crippen LogP contribution in [0.4, 0.5) is 16.6 Å². The molecule has 2 heterocycles. The molecule has 3 aromatic rings. The Bertz CT molecular complexity index is 916. The van der Waals surface area contributed by atoms with Crippen LogP contribution in [0.1, 0.15) is 27.7 Å². The van der Waals surface area contributed by atoms with E-state index in [0.29, 0.717) is 27.9 Å². The third-order valence-electron chi connectivity index (χ3n) is 3.77. The van der Waals surface area contributed by atoms with E-state index in [4.69, 9.17) is 0 Å². The lowest BCUT2D eigenvalue weighted by Gasteiger charge is -2.13. The van der Waals surface area contributed by atoms with Crippen molar-refractivity contribution in [2.75, 3.05) is 10.6 Å². The van der Waals surface area contributed by atoms with Crippen molar-refractivity contribution >= 4 is 33.9 Å². The molecule has 0 atom stereocenters. The van der Waals surface area contributed by atoms with Crippen LogP contribution in [-0.2, 0) is 13.5 Å². The van der Waals surface area contributed by atoms with Crippen molar-refractivity contribution < 1.29 is 9.90 Å². The molecular weight excluding hydrogens is 338 g/mol. The van der Waals surface area contributed by atoms with Gasteiger partial charge in [-0.05, 0) is 25.0 Å². The molecule has 0 bridgehead atoms. The molecule has 0 spiro atoms. The number of rotatable bonds is 5. The first kappa shape index (κ1) is 17.0. The summed E-state index contributed by atoms with van der Waals surface area (Å²) >= 11 is 1.24. The number of phenolic OH excluding ortho intramolecular Hbond substituents is 1. The minimum Gasteiger partial charge on any atom is -0.508 e. The molecule has 0 aliphatic heterocycles. The number of carbonyl (C=O) groups is 1. The largest absolute Gasteiger partial charge is 0.508 e. The summed E-state index contributed by atoms with van der Waals surface area (Å²) in [6, 6.07) is 5.25. The predicted octanol–water partition coefficient (Wildman–Crippen LogP) is 3.45. The molecule has 0 unspecified atom stereocenters. The van der Waals surface area contributed by atoms with E-state index < -0.39 is 0 Å². The monoisotopic (exact) mass is 357 g/mol. The number of carbonyl (C=O) groups excluding carboxylic acids is 1. The normalized spacial score (nSPS) is 10.7. The van der Waals surface area contributed by atoms with E-state index in [0.717, 1.165) is 11.1 Å². The van der Waals surface area contributed by atoms with Crippen molar-refractivity contribution in [2.45, 2.75) is 20.3 Å². The van der Waals surface area contributed by atoms with E-state index in [1.165, 1.54) is 17.5 Å². The second-order valence-corrected chi connectivity index (χ2v) is 6.62. The number of hydrogen-bond acceptors (Lipinski definition) is 6. The van der Waals surface area contributed by atoms with Gasteiger partial charge in [0.05, 0.1) is 11.9 Å². The van der Waals surface area contributed by atoms with Crippen LogP contribution in [0.25, 0.3) is 0 Å². The number of aryl methyl sites for hydroxylation is 2. The highest BCUT2D eigenvalue weighted by Crippen LogP contribution is 2.30. The quantitative estimate of drug-likeness (QED) is 0.650. The molecule has 25 heavy (non-hydrogen) atoms. The SMILES string of the molecule is CCc1c(O)ccc(C)c1NC(=O)c1cnc(Nc2ccn(C)n2)s1. The van der Waals surface area contributed by atoms with E-state index in [2.05, 4.69) is 20.7 Å². The average Bonchev–Trinajstić information content (AvgIpc) is 3.21. The lowest BCUT2D eigenvalue weighted by Crippen LogP contribution is -2.13. The topological polar surface area (TPSA) is 92.1 Å². The molecule has 3 N–H and O–H groups in total. The second kappa shape index (κ2) is 6.94. The maximum Gasteiger partial charge on any atom is 0.267 e. The first-order valence-corrected chi connectivity index (χ1v) is 8.65. The summed E-state index contributed by atoms with van der Waals surface area (Å²) in [6.07, 6.45) is 3.97. The number of amides is 1. The Morgan fingerprint density at radius 1 is 1.36 bits per heavy atom. The van der Waals surface area contributed by atoms with Crippen LogP contribution in [-0.4, -0.2) is 25.8 Å². The Morgan fingerprint density at radius 3 is 2.84 bits per heavy atom. The molecular formula is C17H19N5O2S. The highest BCUT2D eigenvalue weighted by molar-refractivity contribution is 7.17. The highest BCUT2D eigenvalue weighted by atomic mass is 32.1. The summed E-state index contributed by atoms with van der Waals surface area (Å²) in [7, 11) is 1.83. The van der Waals surface area contributed by atoms with Gasteiger partial charge < -0.3 is 15.7 Å². The molecule has 0 saturated carbocycles. The maximum atomic E-state index is 12.5. The molecule has 130 valence electrons. The molecule has 7 nitrogen and oxygen atoms in total. The Labute approximate surface area is 149 Å². The van der Waals surface area contributed by atoms with Crippen LogP contribution < -0.4 is 10.6 Å². The van der Waals surface area contributed by atoms with Gasteiger partial charge in [0.25, 0.3) is 5.91 Å². The van der Waals surface area contributed by atoms with Crippen LogP contribution in [0.15, 0.2) is 30.6 Å². The number of nitrogens with zero attached hydrogens (tertiary/aromatic N) is 3. The molecule has 0 radical (unpaired) electrons. The Balaban J connectivity index is 1.78.